The van der Waals surface area contributed by atoms with Crippen molar-refractivity contribution >= 4 is 18.5 Å². The molecule has 0 saturated carbocycles. The SMILES string of the molecule is O=C(CCS)NCCN1CCCCC1. The fourth-order valence-electron chi connectivity index (χ4n) is 1.73. The van der Waals surface area contributed by atoms with Gasteiger partial charge in [-0.2, -0.15) is 12.6 Å². The fourth-order valence-corrected chi connectivity index (χ4v) is 1.93. The van der Waals surface area contributed by atoms with Gasteiger partial charge in [0.05, 0.1) is 0 Å². The normalized spacial score (nSPS) is 18.1. The summed E-state index contributed by atoms with van der Waals surface area (Å²) >= 11 is 4.01. The summed E-state index contributed by atoms with van der Waals surface area (Å²) in [4.78, 5) is 13.5. The van der Waals surface area contributed by atoms with Crippen molar-refractivity contribution in [3.05, 3.63) is 0 Å². The van der Waals surface area contributed by atoms with E-state index in [0.29, 0.717) is 12.2 Å². The predicted molar refractivity (Wildman–Crippen MR) is 61.8 cm³/mol. The molecule has 0 radical (unpaired) electrons. The van der Waals surface area contributed by atoms with Crippen LogP contribution in [0.3, 0.4) is 0 Å². The van der Waals surface area contributed by atoms with Crippen molar-refractivity contribution < 1.29 is 4.79 Å². The molecule has 0 aliphatic carbocycles. The highest BCUT2D eigenvalue weighted by Crippen LogP contribution is 2.07. The summed E-state index contributed by atoms with van der Waals surface area (Å²) in [5.74, 6) is 0.757. The van der Waals surface area contributed by atoms with Gasteiger partial charge in [-0.1, -0.05) is 6.42 Å². The second-order valence-corrected chi connectivity index (χ2v) is 4.17. The summed E-state index contributed by atoms with van der Waals surface area (Å²) in [5, 5.41) is 2.90. The Labute approximate surface area is 91.6 Å². The minimum Gasteiger partial charge on any atom is -0.355 e. The summed E-state index contributed by atoms with van der Waals surface area (Å²) in [5.41, 5.74) is 0. The molecule has 82 valence electrons. The third-order valence-electron chi connectivity index (χ3n) is 2.54. The number of hydrogen-bond acceptors (Lipinski definition) is 3. The van der Waals surface area contributed by atoms with Gasteiger partial charge in [-0.05, 0) is 31.7 Å². The standard InChI is InChI=1S/C10H20N2OS/c13-10(4-9-14)11-5-8-12-6-2-1-3-7-12/h14H,1-9H2,(H,11,13). The number of amides is 1. The van der Waals surface area contributed by atoms with Crippen LogP contribution in [0.2, 0.25) is 0 Å². The molecule has 0 unspecified atom stereocenters. The lowest BCUT2D eigenvalue weighted by Gasteiger charge is -2.26. The zero-order chi connectivity index (χ0) is 10.2. The van der Waals surface area contributed by atoms with Crippen molar-refractivity contribution in [3.63, 3.8) is 0 Å². The van der Waals surface area contributed by atoms with E-state index >= 15 is 0 Å². The molecule has 0 bridgehead atoms. The molecule has 0 spiro atoms. The van der Waals surface area contributed by atoms with Gasteiger partial charge in [0.15, 0.2) is 0 Å². The molecule has 0 aromatic carbocycles. The maximum absolute atomic E-state index is 11.1. The monoisotopic (exact) mass is 216 g/mol. The van der Waals surface area contributed by atoms with Gasteiger partial charge in [-0.15, -0.1) is 0 Å². The van der Waals surface area contributed by atoms with Crippen molar-refractivity contribution in [2.75, 3.05) is 31.9 Å². The predicted octanol–water partition coefficient (Wildman–Crippen LogP) is 0.908. The van der Waals surface area contributed by atoms with Gasteiger partial charge in [-0.25, -0.2) is 0 Å². The summed E-state index contributed by atoms with van der Waals surface area (Å²) < 4.78 is 0. The quantitative estimate of drug-likeness (QED) is 0.670. The van der Waals surface area contributed by atoms with Gasteiger partial charge in [-0.3, -0.25) is 4.79 Å². The highest BCUT2D eigenvalue weighted by molar-refractivity contribution is 7.80. The molecule has 0 aromatic heterocycles. The zero-order valence-electron chi connectivity index (χ0n) is 8.67. The molecule has 3 nitrogen and oxygen atoms in total. The molecule has 0 aromatic rings. The Kier molecular flexibility index (Phi) is 6.03. The molecular formula is C10H20N2OS. The second kappa shape index (κ2) is 7.12. The van der Waals surface area contributed by atoms with E-state index in [1.807, 2.05) is 0 Å². The van der Waals surface area contributed by atoms with Crippen LogP contribution >= 0.6 is 12.6 Å². The van der Waals surface area contributed by atoms with Crippen molar-refractivity contribution in [2.24, 2.45) is 0 Å². The van der Waals surface area contributed by atoms with E-state index in [1.54, 1.807) is 0 Å². The summed E-state index contributed by atoms with van der Waals surface area (Å²) in [6, 6.07) is 0. The third-order valence-corrected chi connectivity index (χ3v) is 2.76. The van der Waals surface area contributed by atoms with Gasteiger partial charge in [0, 0.05) is 19.5 Å². The van der Waals surface area contributed by atoms with E-state index in [4.69, 9.17) is 0 Å². The van der Waals surface area contributed by atoms with Gasteiger partial charge in [0.1, 0.15) is 0 Å². The van der Waals surface area contributed by atoms with Crippen LogP contribution in [-0.2, 0) is 4.79 Å². The average Bonchev–Trinajstić information content (AvgIpc) is 2.20. The molecule has 0 atom stereocenters. The number of hydrogen-bond donors (Lipinski definition) is 2. The highest BCUT2D eigenvalue weighted by Gasteiger charge is 2.09. The second-order valence-electron chi connectivity index (χ2n) is 3.73. The lowest BCUT2D eigenvalue weighted by molar-refractivity contribution is -0.120. The van der Waals surface area contributed by atoms with Crippen LogP contribution in [-0.4, -0.2) is 42.7 Å². The first-order valence-corrected chi connectivity index (χ1v) is 6.06. The molecule has 1 heterocycles. The maximum Gasteiger partial charge on any atom is 0.220 e. The molecule has 4 heteroatoms. The van der Waals surface area contributed by atoms with E-state index in [-0.39, 0.29) is 5.91 Å². The number of likely N-dealkylation sites (tertiary alicyclic amines) is 1. The van der Waals surface area contributed by atoms with Crippen molar-refractivity contribution in [1.29, 1.82) is 0 Å². The topological polar surface area (TPSA) is 32.3 Å². The number of thiol groups is 1. The minimum atomic E-state index is 0.122. The van der Waals surface area contributed by atoms with Gasteiger partial charge < -0.3 is 10.2 Å². The molecule has 1 fully saturated rings. The Balaban J connectivity index is 1.99. The van der Waals surface area contributed by atoms with Crippen molar-refractivity contribution in [1.82, 2.24) is 10.2 Å². The van der Waals surface area contributed by atoms with E-state index in [1.165, 1.54) is 32.4 Å². The highest BCUT2D eigenvalue weighted by atomic mass is 32.1. The van der Waals surface area contributed by atoms with Gasteiger partial charge >= 0.3 is 0 Å². The minimum absolute atomic E-state index is 0.122. The van der Waals surface area contributed by atoms with Crippen LogP contribution in [0.4, 0.5) is 0 Å². The number of piperidine rings is 1. The number of nitrogens with one attached hydrogen (secondary N) is 1. The molecular weight excluding hydrogens is 196 g/mol. The summed E-state index contributed by atoms with van der Waals surface area (Å²) in [7, 11) is 0. The lowest BCUT2D eigenvalue weighted by atomic mass is 10.1. The van der Waals surface area contributed by atoms with Crippen LogP contribution in [0.1, 0.15) is 25.7 Å². The molecule has 14 heavy (non-hydrogen) atoms. The molecule has 1 aliphatic rings. The molecule has 1 aliphatic heterocycles. The molecule has 1 amide bonds. The Morgan fingerprint density at radius 1 is 1.29 bits per heavy atom. The van der Waals surface area contributed by atoms with Gasteiger partial charge in [0.25, 0.3) is 0 Å². The lowest BCUT2D eigenvalue weighted by Crippen LogP contribution is -2.37. The number of carbonyl (C=O) groups is 1. The average molecular weight is 216 g/mol. The van der Waals surface area contributed by atoms with Crippen LogP contribution in [0.15, 0.2) is 0 Å². The number of carbonyl (C=O) groups excluding carboxylic acids is 1. The van der Waals surface area contributed by atoms with Crippen molar-refractivity contribution in [2.45, 2.75) is 25.7 Å². The number of rotatable bonds is 5. The van der Waals surface area contributed by atoms with Crippen LogP contribution < -0.4 is 5.32 Å². The van der Waals surface area contributed by atoms with E-state index in [2.05, 4.69) is 22.8 Å². The van der Waals surface area contributed by atoms with Crippen LogP contribution in [0.5, 0.6) is 0 Å². The Morgan fingerprint density at radius 2 is 2.00 bits per heavy atom. The number of nitrogens with zero attached hydrogens (tertiary/aromatic N) is 1. The van der Waals surface area contributed by atoms with Crippen molar-refractivity contribution in [3.8, 4) is 0 Å². The zero-order valence-corrected chi connectivity index (χ0v) is 9.56. The Hall–Kier alpha value is -0.220. The smallest absolute Gasteiger partial charge is 0.220 e. The summed E-state index contributed by atoms with van der Waals surface area (Å²) in [6.45, 7) is 4.18. The maximum atomic E-state index is 11.1. The summed E-state index contributed by atoms with van der Waals surface area (Å²) in [6.07, 6.45) is 4.51. The first-order valence-electron chi connectivity index (χ1n) is 5.43. The third kappa shape index (κ3) is 4.86. The van der Waals surface area contributed by atoms with Crippen LogP contribution in [0, 0.1) is 0 Å². The van der Waals surface area contributed by atoms with Gasteiger partial charge in [0.2, 0.25) is 5.91 Å². The Bertz CT molecular complexity index is 170. The molecule has 1 saturated heterocycles. The van der Waals surface area contributed by atoms with Crippen LogP contribution in [0.25, 0.3) is 0 Å². The van der Waals surface area contributed by atoms with E-state index in [9.17, 15) is 4.79 Å². The first kappa shape index (κ1) is 11.9. The van der Waals surface area contributed by atoms with E-state index in [0.717, 1.165) is 13.1 Å². The first-order chi connectivity index (χ1) is 6.83. The molecule has 1 N–H and O–H groups in total. The fraction of sp³-hybridized carbons (Fsp3) is 0.900. The molecule has 1 rings (SSSR count). The largest absolute Gasteiger partial charge is 0.355 e. The Morgan fingerprint density at radius 3 is 2.64 bits per heavy atom. The van der Waals surface area contributed by atoms with E-state index < -0.39 is 0 Å².